The van der Waals surface area contributed by atoms with Gasteiger partial charge in [-0.05, 0) is 30.5 Å². The molecule has 0 unspecified atom stereocenters. The standard InChI is InChI=1S/C15H11N3O3S/c1-9(19)10-2-4-11(5-3-10)13(20)16-15-18-17-14(21-15)12-6-7-22-8-12/h2-8H,1H3,(H,16,18,20). The van der Waals surface area contributed by atoms with Crippen molar-refractivity contribution in [1.82, 2.24) is 10.2 Å². The van der Waals surface area contributed by atoms with E-state index in [0.29, 0.717) is 17.0 Å². The molecule has 3 aromatic rings. The van der Waals surface area contributed by atoms with E-state index in [1.165, 1.54) is 18.3 Å². The van der Waals surface area contributed by atoms with Gasteiger partial charge in [-0.2, -0.15) is 11.3 Å². The molecule has 0 atom stereocenters. The summed E-state index contributed by atoms with van der Waals surface area (Å²) < 4.78 is 5.38. The van der Waals surface area contributed by atoms with E-state index in [2.05, 4.69) is 15.5 Å². The molecule has 1 N–H and O–H groups in total. The molecule has 2 aromatic heterocycles. The third kappa shape index (κ3) is 2.94. The van der Waals surface area contributed by atoms with Gasteiger partial charge in [-0.1, -0.05) is 17.2 Å². The molecule has 0 spiro atoms. The van der Waals surface area contributed by atoms with E-state index in [1.54, 1.807) is 24.3 Å². The van der Waals surface area contributed by atoms with Gasteiger partial charge >= 0.3 is 6.01 Å². The van der Waals surface area contributed by atoms with Gasteiger partial charge in [0.2, 0.25) is 0 Å². The van der Waals surface area contributed by atoms with Crippen LogP contribution in [0, 0.1) is 0 Å². The first kappa shape index (κ1) is 14.2. The Bertz CT molecular complexity index is 807. The first-order valence-corrected chi connectivity index (χ1v) is 7.36. The largest absolute Gasteiger partial charge is 0.403 e. The predicted molar refractivity (Wildman–Crippen MR) is 82.0 cm³/mol. The summed E-state index contributed by atoms with van der Waals surface area (Å²) in [7, 11) is 0. The molecular formula is C15H11N3O3S. The van der Waals surface area contributed by atoms with Crippen molar-refractivity contribution < 1.29 is 14.0 Å². The predicted octanol–water partition coefficient (Wildman–Crippen LogP) is 3.25. The molecule has 0 aliphatic carbocycles. The summed E-state index contributed by atoms with van der Waals surface area (Å²) >= 11 is 1.52. The number of benzene rings is 1. The van der Waals surface area contributed by atoms with Crippen molar-refractivity contribution in [3.8, 4) is 11.5 Å². The van der Waals surface area contributed by atoms with Crippen LogP contribution < -0.4 is 5.32 Å². The number of ketones is 1. The van der Waals surface area contributed by atoms with Crippen LogP contribution in [-0.2, 0) is 0 Å². The van der Waals surface area contributed by atoms with Crippen molar-refractivity contribution in [3.05, 3.63) is 52.2 Å². The van der Waals surface area contributed by atoms with Crippen LogP contribution in [0.25, 0.3) is 11.5 Å². The number of carbonyl (C=O) groups excluding carboxylic acids is 2. The van der Waals surface area contributed by atoms with Gasteiger partial charge in [0.05, 0.1) is 0 Å². The number of anilines is 1. The SMILES string of the molecule is CC(=O)c1ccc(C(=O)Nc2nnc(-c3ccsc3)o2)cc1. The van der Waals surface area contributed by atoms with Crippen molar-refractivity contribution >= 4 is 29.0 Å². The number of aromatic nitrogens is 2. The lowest BCUT2D eigenvalue weighted by Gasteiger charge is -2.01. The summed E-state index contributed by atoms with van der Waals surface area (Å²) in [4.78, 5) is 23.3. The number of amides is 1. The normalized spacial score (nSPS) is 10.4. The lowest BCUT2D eigenvalue weighted by Crippen LogP contribution is -2.12. The van der Waals surface area contributed by atoms with Crippen molar-refractivity contribution in [1.29, 1.82) is 0 Å². The van der Waals surface area contributed by atoms with Crippen LogP contribution >= 0.6 is 11.3 Å². The maximum atomic E-state index is 12.1. The minimum atomic E-state index is -0.379. The van der Waals surface area contributed by atoms with Crippen LogP contribution in [0.15, 0.2) is 45.5 Å². The van der Waals surface area contributed by atoms with Crippen molar-refractivity contribution in [2.75, 3.05) is 5.32 Å². The van der Waals surface area contributed by atoms with E-state index >= 15 is 0 Å². The van der Waals surface area contributed by atoms with Crippen LogP contribution in [0.2, 0.25) is 0 Å². The highest BCUT2D eigenvalue weighted by molar-refractivity contribution is 7.08. The second kappa shape index (κ2) is 5.90. The number of thiophene rings is 1. The second-order valence-corrected chi connectivity index (χ2v) is 5.29. The highest BCUT2D eigenvalue weighted by Gasteiger charge is 2.13. The fraction of sp³-hybridized carbons (Fsp3) is 0.0667. The van der Waals surface area contributed by atoms with Crippen LogP contribution in [0.1, 0.15) is 27.6 Å². The fourth-order valence-electron chi connectivity index (χ4n) is 1.80. The monoisotopic (exact) mass is 313 g/mol. The third-order valence-corrected chi connectivity index (χ3v) is 3.65. The van der Waals surface area contributed by atoms with Gasteiger partial charge in [0.15, 0.2) is 5.78 Å². The summed E-state index contributed by atoms with van der Waals surface area (Å²) in [5.74, 6) is -0.0802. The van der Waals surface area contributed by atoms with E-state index < -0.39 is 0 Å². The summed E-state index contributed by atoms with van der Waals surface area (Å²) in [6, 6.07) is 8.22. The molecule has 22 heavy (non-hydrogen) atoms. The van der Waals surface area contributed by atoms with Gasteiger partial charge in [0.25, 0.3) is 11.8 Å². The highest BCUT2D eigenvalue weighted by Crippen LogP contribution is 2.22. The van der Waals surface area contributed by atoms with Crippen LogP contribution in [0.3, 0.4) is 0 Å². The number of hydrogen-bond acceptors (Lipinski definition) is 6. The Morgan fingerprint density at radius 2 is 1.82 bits per heavy atom. The smallest absolute Gasteiger partial charge is 0.322 e. The Morgan fingerprint density at radius 3 is 2.45 bits per heavy atom. The molecular weight excluding hydrogens is 302 g/mol. The molecule has 7 heteroatoms. The first-order chi connectivity index (χ1) is 10.6. The van der Waals surface area contributed by atoms with Gasteiger partial charge in [-0.25, -0.2) is 0 Å². The van der Waals surface area contributed by atoms with Gasteiger partial charge in [-0.3, -0.25) is 14.9 Å². The van der Waals surface area contributed by atoms with Gasteiger partial charge in [0, 0.05) is 22.1 Å². The summed E-state index contributed by atoms with van der Waals surface area (Å²) in [6.45, 7) is 1.47. The summed E-state index contributed by atoms with van der Waals surface area (Å²) in [5.41, 5.74) is 1.76. The number of carbonyl (C=O) groups is 2. The minimum absolute atomic E-state index is 0.0295. The average molecular weight is 313 g/mol. The maximum Gasteiger partial charge on any atom is 0.322 e. The lowest BCUT2D eigenvalue weighted by molar-refractivity contribution is 0.100. The number of hydrogen-bond donors (Lipinski definition) is 1. The molecule has 110 valence electrons. The molecule has 0 aliphatic heterocycles. The quantitative estimate of drug-likeness (QED) is 0.747. The van der Waals surface area contributed by atoms with E-state index in [9.17, 15) is 9.59 Å². The molecule has 0 radical (unpaired) electrons. The summed E-state index contributed by atoms with van der Waals surface area (Å²) in [5, 5.41) is 14.0. The molecule has 0 aliphatic rings. The zero-order valence-corrected chi connectivity index (χ0v) is 12.4. The first-order valence-electron chi connectivity index (χ1n) is 6.42. The topological polar surface area (TPSA) is 85.1 Å². The van der Waals surface area contributed by atoms with E-state index in [-0.39, 0.29) is 17.7 Å². The molecule has 0 saturated heterocycles. The van der Waals surface area contributed by atoms with E-state index in [1.807, 2.05) is 16.8 Å². The minimum Gasteiger partial charge on any atom is -0.403 e. The Hall–Kier alpha value is -2.80. The zero-order valence-electron chi connectivity index (χ0n) is 11.6. The lowest BCUT2D eigenvalue weighted by atomic mass is 10.1. The average Bonchev–Trinajstić information content (AvgIpc) is 3.18. The Morgan fingerprint density at radius 1 is 1.09 bits per heavy atom. The summed E-state index contributed by atoms with van der Waals surface area (Å²) in [6.07, 6.45) is 0. The number of rotatable bonds is 4. The van der Waals surface area contributed by atoms with E-state index in [4.69, 9.17) is 4.42 Å². The number of nitrogens with zero attached hydrogens (tertiary/aromatic N) is 2. The van der Waals surface area contributed by atoms with Crippen LogP contribution in [-0.4, -0.2) is 21.9 Å². The van der Waals surface area contributed by atoms with Gasteiger partial charge in [0.1, 0.15) is 0 Å². The molecule has 1 amide bonds. The molecule has 0 fully saturated rings. The second-order valence-electron chi connectivity index (χ2n) is 4.51. The Labute approximate surface area is 129 Å². The molecule has 0 saturated carbocycles. The molecule has 3 rings (SSSR count). The van der Waals surface area contributed by atoms with Crippen molar-refractivity contribution in [2.45, 2.75) is 6.92 Å². The van der Waals surface area contributed by atoms with Crippen LogP contribution in [0.5, 0.6) is 0 Å². The van der Waals surface area contributed by atoms with Gasteiger partial charge in [-0.15, -0.1) is 5.10 Å². The molecule has 1 aromatic carbocycles. The molecule has 0 bridgehead atoms. The van der Waals surface area contributed by atoms with E-state index in [0.717, 1.165) is 5.56 Å². The number of nitrogens with one attached hydrogen (secondary N) is 1. The Kier molecular flexibility index (Phi) is 3.80. The maximum absolute atomic E-state index is 12.1. The Balaban J connectivity index is 1.73. The van der Waals surface area contributed by atoms with Crippen molar-refractivity contribution in [2.24, 2.45) is 0 Å². The zero-order chi connectivity index (χ0) is 15.5. The van der Waals surface area contributed by atoms with Crippen molar-refractivity contribution in [3.63, 3.8) is 0 Å². The fourth-order valence-corrected chi connectivity index (χ4v) is 2.43. The highest BCUT2D eigenvalue weighted by atomic mass is 32.1. The molecule has 6 nitrogen and oxygen atoms in total. The van der Waals surface area contributed by atoms with Crippen LogP contribution in [0.4, 0.5) is 6.01 Å². The molecule has 2 heterocycles. The third-order valence-electron chi connectivity index (χ3n) is 2.97. The van der Waals surface area contributed by atoms with Gasteiger partial charge < -0.3 is 4.42 Å². The number of Topliss-reactive ketones (excluding diaryl/α,β-unsaturated/α-hetero) is 1.